The van der Waals surface area contributed by atoms with E-state index in [0.29, 0.717) is 32.1 Å². The van der Waals surface area contributed by atoms with Gasteiger partial charge in [0.15, 0.2) is 0 Å². The summed E-state index contributed by atoms with van der Waals surface area (Å²) in [5.74, 6) is 0.380. The Morgan fingerprint density at radius 2 is 2.00 bits per heavy atom. The number of hydrogen-bond acceptors (Lipinski definition) is 3. The molecule has 2 heterocycles. The van der Waals surface area contributed by atoms with E-state index in [9.17, 15) is 9.18 Å². The normalized spacial score (nSPS) is 16.2. The lowest BCUT2D eigenvalue weighted by atomic mass is 10.1. The molecular formula is C16H19FN4O2. The van der Waals surface area contributed by atoms with Crippen molar-refractivity contribution in [3.8, 4) is 0 Å². The maximum atomic E-state index is 13.2. The van der Waals surface area contributed by atoms with Crippen LogP contribution in [0.3, 0.4) is 0 Å². The molecule has 0 saturated carbocycles. The van der Waals surface area contributed by atoms with Gasteiger partial charge in [0.1, 0.15) is 17.7 Å². The molecule has 1 aromatic heterocycles. The van der Waals surface area contributed by atoms with Crippen molar-refractivity contribution < 1.29 is 13.9 Å². The van der Waals surface area contributed by atoms with Gasteiger partial charge in [0, 0.05) is 32.5 Å². The van der Waals surface area contributed by atoms with E-state index in [4.69, 9.17) is 4.74 Å². The average molecular weight is 318 g/mol. The molecule has 3 rings (SSSR count). The first-order chi connectivity index (χ1) is 11.1. The molecule has 1 aliphatic rings. The van der Waals surface area contributed by atoms with Crippen molar-refractivity contribution in [2.75, 3.05) is 26.3 Å². The highest BCUT2D eigenvalue weighted by molar-refractivity contribution is 5.75. The van der Waals surface area contributed by atoms with Gasteiger partial charge in [0.25, 0.3) is 0 Å². The minimum atomic E-state index is -0.439. The lowest BCUT2D eigenvalue weighted by molar-refractivity contribution is 0.0527. The van der Waals surface area contributed by atoms with Crippen LogP contribution in [0.5, 0.6) is 0 Å². The van der Waals surface area contributed by atoms with Gasteiger partial charge < -0.3 is 19.5 Å². The highest BCUT2D eigenvalue weighted by Gasteiger charge is 2.24. The molecule has 0 radical (unpaired) electrons. The van der Waals surface area contributed by atoms with Crippen LogP contribution in [0.1, 0.15) is 17.4 Å². The number of morpholine rings is 1. The molecule has 2 aromatic rings. The van der Waals surface area contributed by atoms with Gasteiger partial charge in [0.2, 0.25) is 0 Å². The Morgan fingerprint density at radius 3 is 2.61 bits per heavy atom. The minimum Gasteiger partial charge on any atom is -0.378 e. The van der Waals surface area contributed by atoms with Crippen molar-refractivity contribution in [1.29, 1.82) is 0 Å². The summed E-state index contributed by atoms with van der Waals surface area (Å²) in [5, 5.41) is 2.99. The number of aromatic nitrogens is 2. The summed E-state index contributed by atoms with van der Waals surface area (Å²) in [4.78, 5) is 18.5. The van der Waals surface area contributed by atoms with Gasteiger partial charge in [-0.1, -0.05) is 12.1 Å². The molecule has 7 heteroatoms. The standard InChI is InChI=1S/C16H19FN4O2/c1-20-7-6-18-15(20)14(12-2-4-13(17)5-3-12)19-16(22)21-8-10-23-11-9-21/h2-7,14H,8-11H2,1H3,(H,19,22). The fraction of sp³-hybridized carbons (Fsp3) is 0.375. The van der Waals surface area contributed by atoms with Gasteiger partial charge in [0.05, 0.1) is 13.2 Å². The predicted molar refractivity (Wildman–Crippen MR) is 82.4 cm³/mol. The Balaban J connectivity index is 1.84. The number of nitrogens with one attached hydrogen (secondary N) is 1. The minimum absolute atomic E-state index is 0.175. The zero-order chi connectivity index (χ0) is 16.2. The van der Waals surface area contributed by atoms with Crippen molar-refractivity contribution in [2.24, 2.45) is 7.05 Å². The molecule has 1 fully saturated rings. The Labute approximate surface area is 133 Å². The van der Waals surface area contributed by atoms with Crippen LogP contribution in [-0.2, 0) is 11.8 Å². The summed E-state index contributed by atoms with van der Waals surface area (Å²) in [6.45, 7) is 2.19. The highest BCUT2D eigenvalue weighted by Crippen LogP contribution is 2.21. The molecule has 1 aromatic carbocycles. The Morgan fingerprint density at radius 1 is 1.30 bits per heavy atom. The maximum absolute atomic E-state index is 13.2. The first-order valence-electron chi connectivity index (χ1n) is 7.51. The third-order valence-corrected chi connectivity index (χ3v) is 3.89. The van der Waals surface area contributed by atoms with Crippen molar-refractivity contribution in [3.63, 3.8) is 0 Å². The van der Waals surface area contributed by atoms with Crippen LogP contribution in [0, 0.1) is 5.82 Å². The van der Waals surface area contributed by atoms with Crippen molar-refractivity contribution in [1.82, 2.24) is 19.8 Å². The van der Waals surface area contributed by atoms with Crippen LogP contribution in [-0.4, -0.2) is 46.8 Å². The molecule has 23 heavy (non-hydrogen) atoms. The molecule has 1 unspecified atom stereocenters. The Hall–Kier alpha value is -2.41. The van der Waals surface area contributed by atoms with E-state index in [0.717, 1.165) is 5.56 Å². The fourth-order valence-corrected chi connectivity index (χ4v) is 2.59. The smallest absolute Gasteiger partial charge is 0.318 e. The fourth-order valence-electron chi connectivity index (χ4n) is 2.59. The molecule has 0 spiro atoms. The molecule has 1 aliphatic heterocycles. The number of benzene rings is 1. The summed E-state index contributed by atoms with van der Waals surface area (Å²) in [6, 6.07) is 5.47. The number of ether oxygens (including phenoxy) is 1. The number of imidazole rings is 1. The number of carbonyl (C=O) groups is 1. The van der Waals surface area contributed by atoms with Gasteiger partial charge in [-0.3, -0.25) is 0 Å². The van der Waals surface area contributed by atoms with Crippen molar-refractivity contribution in [3.05, 3.63) is 53.9 Å². The van der Waals surface area contributed by atoms with Gasteiger partial charge in [-0.2, -0.15) is 0 Å². The zero-order valence-electron chi connectivity index (χ0n) is 12.9. The highest BCUT2D eigenvalue weighted by atomic mass is 19.1. The number of carbonyl (C=O) groups excluding carboxylic acids is 1. The van der Waals surface area contributed by atoms with E-state index < -0.39 is 6.04 Å². The van der Waals surface area contributed by atoms with Crippen LogP contribution >= 0.6 is 0 Å². The second-order valence-corrected chi connectivity index (χ2v) is 5.43. The number of urea groups is 1. The van der Waals surface area contributed by atoms with Crippen LogP contribution in [0.15, 0.2) is 36.7 Å². The van der Waals surface area contributed by atoms with Gasteiger partial charge in [-0.05, 0) is 17.7 Å². The van der Waals surface area contributed by atoms with Gasteiger partial charge in [-0.25, -0.2) is 14.2 Å². The summed E-state index contributed by atoms with van der Waals surface area (Å²) in [7, 11) is 1.86. The first-order valence-corrected chi connectivity index (χ1v) is 7.51. The maximum Gasteiger partial charge on any atom is 0.318 e. The topological polar surface area (TPSA) is 59.4 Å². The Kier molecular flexibility index (Phi) is 4.57. The second kappa shape index (κ2) is 6.78. The zero-order valence-corrected chi connectivity index (χ0v) is 12.9. The van der Waals surface area contributed by atoms with Crippen LogP contribution < -0.4 is 5.32 Å². The number of amides is 2. The average Bonchev–Trinajstić information content (AvgIpc) is 3.00. The van der Waals surface area contributed by atoms with Gasteiger partial charge in [-0.15, -0.1) is 0 Å². The molecule has 0 bridgehead atoms. The van der Waals surface area contributed by atoms with Gasteiger partial charge >= 0.3 is 6.03 Å². The predicted octanol–water partition coefficient (Wildman–Crippen LogP) is 1.69. The molecule has 1 atom stereocenters. The lowest BCUT2D eigenvalue weighted by Gasteiger charge is -2.29. The van der Waals surface area contributed by atoms with Crippen molar-refractivity contribution in [2.45, 2.75) is 6.04 Å². The molecular weight excluding hydrogens is 299 g/mol. The van der Waals surface area contributed by atoms with Crippen LogP contribution in [0.2, 0.25) is 0 Å². The quantitative estimate of drug-likeness (QED) is 0.937. The lowest BCUT2D eigenvalue weighted by Crippen LogP contribution is -2.47. The monoisotopic (exact) mass is 318 g/mol. The van der Waals surface area contributed by atoms with Crippen LogP contribution in [0.25, 0.3) is 0 Å². The molecule has 1 N–H and O–H groups in total. The van der Waals surface area contributed by atoms with E-state index >= 15 is 0 Å². The van der Waals surface area contributed by atoms with E-state index in [2.05, 4.69) is 10.3 Å². The molecule has 1 saturated heterocycles. The molecule has 122 valence electrons. The number of nitrogens with zero attached hydrogens (tertiary/aromatic N) is 3. The van der Waals surface area contributed by atoms with E-state index in [1.54, 1.807) is 23.2 Å². The van der Waals surface area contributed by atoms with E-state index in [1.807, 2.05) is 17.8 Å². The van der Waals surface area contributed by atoms with Crippen LogP contribution in [0.4, 0.5) is 9.18 Å². The first kappa shape index (κ1) is 15.5. The summed E-state index contributed by atoms with van der Waals surface area (Å²) < 4.78 is 20.3. The summed E-state index contributed by atoms with van der Waals surface area (Å²) >= 11 is 0. The molecule has 0 aliphatic carbocycles. The Bertz CT molecular complexity index is 665. The number of hydrogen-bond donors (Lipinski definition) is 1. The van der Waals surface area contributed by atoms with E-state index in [1.165, 1.54) is 12.1 Å². The third kappa shape index (κ3) is 3.50. The largest absolute Gasteiger partial charge is 0.378 e. The third-order valence-electron chi connectivity index (χ3n) is 3.89. The molecule has 2 amide bonds. The van der Waals surface area contributed by atoms with Crippen molar-refractivity contribution >= 4 is 6.03 Å². The second-order valence-electron chi connectivity index (χ2n) is 5.43. The van der Waals surface area contributed by atoms with E-state index in [-0.39, 0.29) is 11.8 Å². The number of aryl methyl sites for hydroxylation is 1. The summed E-state index contributed by atoms with van der Waals surface area (Å²) in [5.41, 5.74) is 0.780. The molecule has 6 nitrogen and oxygen atoms in total. The number of halogens is 1. The summed E-state index contributed by atoms with van der Waals surface area (Å²) in [6.07, 6.45) is 3.49. The SMILES string of the molecule is Cn1ccnc1C(NC(=O)N1CCOCC1)c1ccc(F)cc1. The number of rotatable bonds is 3.